The zero-order valence-electron chi connectivity index (χ0n) is 13.2. The fraction of sp³-hybridized carbons (Fsp3) is 0.611. The number of ether oxygens (including phenoxy) is 1. The van der Waals surface area contributed by atoms with Crippen molar-refractivity contribution in [2.45, 2.75) is 52.0 Å². The number of hydrogen-bond acceptors (Lipinski definition) is 2. The normalized spacial score (nSPS) is 25.3. The molecule has 1 aromatic rings. The first-order chi connectivity index (χ1) is 10.2. The fourth-order valence-electron chi connectivity index (χ4n) is 3.00. The quantitative estimate of drug-likeness (QED) is 0.809. The van der Waals surface area contributed by atoms with Gasteiger partial charge in [0, 0.05) is 12.5 Å². The molecule has 0 aliphatic heterocycles. The predicted molar refractivity (Wildman–Crippen MR) is 85.3 cm³/mol. The number of nitrogens with one attached hydrogen (secondary N) is 1. The molecule has 1 saturated carbocycles. The Bertz CT molecular complexity index is 432. The van der Waals surface area contributed by atoms with Crippen molar-refractivity contribution in [3.05, 3.63) is 30.3 Å². The van der Waals surface area contributed by atoms with Crippen LogP contribution in [0.1, 0.15) is 46.0 Å². The van der Waals surface area contributed by atoms with E-state index in [-0.39, 0.29) is 5.91 Å². The molecule has 1 fully saturated rings. The summed E-state index contributed by atoms with van der Waals surface area (Å²) in [6.45, 7) is 5.14. The first-order valence-corrected chi connectivity index (χ1v) is 8.14. The van der Waals surface area contributed by atoms with Gasteiger partial charge in [0.05, 0.1) is 6.61 Å². The maximum absolute atomic E-state index is 12.0. The predicted octanol–water partition coefficient (Wildman–Crippen LogP) is 3.79. The topological polar surface area (TPSA) is 38.3 Å². The molecule has 0 saturated heterocycles. The van der Waals surface area contributed by atoms with Crippen LogP contribution in [-0.2, 0) is 4.79 Å². The van der Waals surface area contributed by atoms with E-state index < -0.39 is 0 Å². The highest BCUT2D eigenvalue weighted by Gasteiger charge is 2.27. The number of rotatable bonds is 6. The number of carbonyl (C=O) groups is 1. The van der Waals surface area contributed by atoms with E-state index in [0.29, 0.717) is 30.9 Å². The molecular formula is C18H27NO2. The summed E-state index contributed by atoms with van der Waals surface area (Å²) in [6, 6.07) is 10.1. The second-order valence-corrected chi connectivity index (χ2v) is 6.21. The molecule has 116 valence electrons. The minimum Gasteiger partial charge on any atom is -0.494 e. The molecule has 3 atom stereocenters. The highest BCUT2D eigenvalue weighted by Crippen LogP contribution is 2.29. The third kappa shape index (κ3) is 5.07. The zero-order valence-corrected chi connectivity index (χ0v) is 13.2. The molecule has 0 bridgehead atoms. The maximum Gasteiger partial charge on any atom is 0.220 e. The fourth-order valence-corrected chi connectivity index (χ4v) is 3.00. The molecule has 3 nitrogen and oxygen atoms in total. The lowest BCUT2D eigenvalue weighted by Crippen LogP contribution is -2.43. The summed E-state index contributed by atoms with van der Waals surface area (Å²) < 4.78 is 5.60. The minimum absolute atomic E-state index is 0.164. The van der Waals surface area contributed by atoms with Crippen LogP contribution in [-0.4, -0.2) is 18.6 Å². The van der Waals surface area contributed by atoms with Gasteiger partial charge >= 0.3 is 0 Å². The van der Waals surface area contributed by atoms with Gasteiger partial charge in [-0.3, -0.25) is 4.79 Å². The van der Waals surface area contributed by atoms with E-state index in [9.17, 15) is 4.79 Å². The van der Waals surface area contributed by atoms with Crippen LogP contribution in [0.3, 0.4) is 0 Å². The average Bonchev–Trinajstić information content (AvgIpc) is 2.49. The lowest BCUT2D eigenvalue weighted by atomic mass is 9.78. The molecule has 2 rings (SSSR count). The second-order valence-electron chi connectivity index (χ2n) is 6.21. The van der Waals surface area contributed by atoms with Gasteiger partial charge in [-0.15, -0.1) is 0 Å². The average molecular weight is 289 g/mol. The molecule has 1 aromatic carbocycles. The molecule has 21 heavy (non-hydrogen) atoms. The van der Waals surface area contributed by atoms with Crippen LogP contribution >= 0.6 is 0 Å². The van der Waals surface area contributed by atoms with Crippen LogP contribution in [0.15, 0.2) is 30.3 Å². The molecule has 1 N–H and O–H groups in total. The number of carbonyl (C=O) groups excluding carboxylic acids is 1. The summed E-state index contributed by atoms with van der Waals surface area (Å²) in [5.74, 6) is 2.33. The van der Waals surface area contributed by atoms with E-state index in [4.69, 9.17) is 4.74 Å². The smallest absolute Gasteiger partial charge is 0.220 e. The van der Waals surface area contributed by atoms with Crippen molar-refractivity contribution < 1.29 is 9.53 Å². The van der Waals surface area contributed by atoms with Crippen molar-refractivity contribution in [1.29, 1.82) is 0 Å². The molecule has 0 radical (unpaired) electrons. The van der Waals surface area contributed by atoms with Crippen molar-refractivity contribution in [2.75, 3.05) is 6.61 Å². The molecule has 1 aliphatic carbocycles. The Morgan fingerprint density at radius 3 is 2.76 bits per heavy atom. The van der Waals surface area contributed by atoms with E-state index >= 15 is 0 Å². The number of hydrogen-bond donors (Lipinski definition) is 1. The molecule has 1 amide bonds. The van der Waals surface area contributed by atoms with Crippen molar-refractivity contribution >= 4 is 5.91 Å². The number of benzene rings is 1. The van der Waals surface area contributed by atoms with Crippen molar-refractivity contribution in [1.82, 2.24) is 5.32 Å². The highest BCUT2D eigenvalue weighted by molar-refractivity contribution is 5.76. The van der Waals surface area contributed by atoms with Gasteiger partial charge in [0.1, 0.15) is 5.75 Å². The van der Waals surface area contributed by atoms with E-state index in [1.54, 1.807) is 0 Å². The van der Waals surface area contributed by atoms with Crippen molar-refractivity contribution in [3.8, 4) is 5.75 Å². The van der Waals surface area contributed by atoms with E-state index in [0.717, 1.165) is 18.6 Å². The molecule has 3 heteroatoms. The Morgan fingerprint density at radius 1 is 1.24 bits per heavy atom. The lowest BCUT2D eigenvalue weighted by Gasteiger charge is -2.34. The summed E-state index contributed by atoms with van der Waals surface area (Å²) in [5.41, 5.74) is 0. The van der Waals surface area contributed by atoms with Gasteiger partial charge in [0.2, 0.25) is 5.91 Å². The third-order valence-electron chi connectivity index (χ3n) is 4.61. The Balaban J connectivity index is 1.63. The van der Waals surface area contributed by atoms with Gasteiger partial charge in [0.15, 0.2) is 0 Å². The molecule has 0 spiro atoms. The summed E-state index contributed by atoms with van der Waals surface area (Å²) in [6.07, 6.45) is 4.95. The summed E-state index contributed by atoms with van der Waals surface area (Å²) in [4.78, 5) is 12.0. The first-order valence-electron chi connectivity index (χ1n) is 8.14. The van der Waals surface area contributed by atoms with Gasteiger partial charge in [-0.2, -0.15) is 0 Å². The maximum atomic E-state index is 12.0. The van der Waals surface area contributed by atoms with Crippen LogP contribution in [0.4, 0.5) is 0 Å². The summed E-state index contributed by atoms with van der Waals surface area (Å²) in [5, 5.41) is 3.20. The van der Waals surface area contributed by atoms with E-state index in [1.807, 2.05) is 30.3 Å². The molecular weight excluding hydrogens is 262 g/mol. The van der Waals surface area contributed by atoms with Crippen LogP contribution in [0.2, 0.25) is 0 Å². The highest BCUT2D eigenvalue weighted by atomic mass is 16.5. The monoisotopic (exact) mass is 289 g/mol. The summed E-state index contributed by atoms with van der Waals surface area (Å²) >= 11 is 0. The second kappa shape index (κ2) is 8.06. The number of para-hydroxylation sites is 1. The van der Waals surface area contributed by atoms with Crippen LogP contribution < -0.4 is 10.1 Å². The van der Waals surface area contributed by atoms with Crippen LogP contribution in [0.25, 0.3) is 0 Å². The Hall–Kier alpha value is -1.51. The van der Waals surface area contributed by atoms with E-state index in [1.165, 1.54) is 12.8 Å². The largest absolute Gasteiger partial charge is 0.494 e. The van der Waals surface area contributed by atoms with E-state index in [2.05, 4.69) is 19.2 Å². The molecule has 3 unspecified atom stereocenters. The minimum atomic E-state index is 0.164. The SMILES string of the molecule is CC1CCCC(NC(=O)CCCOc2ccccc2)C1C. The Kier molecular flexibility index (Phi) is 6.09. The Morgan fingerprint density at radius 2 is 2.00 bits per heavy atom. The molecule has 0 aromatic heterocycles. The van der Waals surface area contributed by atoms with Gasteiger partial charge in [-0.25, -0.2) is 0 Å². The standard InChI is InChI=1S/C18H27NO2/c1-14-8-6-11-17(15(14)2)19-18(20)12-7-13-21-16-9-4-3-5-10-16/h3-5,9-10,14-15,17H,6-8,11-13H2,1-2H3,(H,19,20). The van der Waals surface area contributed by atoms with Crippen molar-refractivity contribution in [3.63, 3.8) is 0 Å². The van der Waals surface area contributed by atoms with Gasteiger partial charge in [0.25, 0.3) is 0 Å². The van der Waals surface area contributed by atoms with Crippen LogP contribution in [0, 0.1) is 11.8 Å². The van der Waals surface area contributed by atoms with Gasteiger partial charge in [-0.05, 0) is 36.8 Å². The lowest BCUT2D eigenvalue weighted by molar-refractivity contribution is -0.122. The first kappa shape index (κ1) is 15.9. The third-order valence-corrected chi connectivity index (χ3v) is 4.61. The Labute approximate surface area is 128 Å². The van der Waals surface area contributed by atoms with Gasteiger partial charge in [-0.1, -0.05) is 44.9 Å². The zero-order chi connectivity index (χ0) is 15.1. The molecule has 1 aliphatic rings. The van der Waals surface area contributed by atoms with Crippen LogP contribution in [0.5, 0.6) is 5.75 Å². The van der Waals surface area contributed by atoms with Gasteiger partial charge < -0.3 is 10.1 Å². The van der Waals surface area contributed by atoms with Crippen molar-refractivity contribution in [2.24, 2.45) is 11.8 Å². The molecule has 0 heterocycles. The number of amides is 1. The summed E-state index contributed by atoms with van der Waals surface area (Å²) in [7, 11) is 0.